The first-order chi connectivity index (χ1) is 6.55. The molecule has 0 aliphatic rings. The van der Waals surface area contributed by atoms with Crippen molar-refractivity contribution in [2.45, 2.75) is 45.6 Å². The van der Waals surface area contributed by atoms with E-state index in [4.69, 9.17) is 5.73 Å². The summed E-state index contributed by atoms with van der Waals surface area (Å²) in [6.07, 6.45) is 3.54. The minimum absolute atomic E-state index is 0. The van der Waals surface area contributed by atoms with Crippen molar-refractivity contribution in [1.29, 1.82) is 0 Å². The van der Waals surface area contributed by atoms with Crippen LogP contribution in [0.2, 0.25) is 0 Å². The molecule has 0 rings (SSSR count). The predicted molar refractivity (Wildman–Crippen MR) is 66.8 cm³/mol. The van der Waals surface area contributed by atoms with Gasteiger partial charge < -0.3 is 5.73 Å². The van der Waals surface area contributed by atoms with Crippen molar-refractivity contribution in [2.24, 2.45) is 5.73 Å². The third-order valence-electron chi connectivity index (χ3n) is 2.01. The minimum atomic E-state index is -3.10. The number of hydrogen-bond acceptors (Lipinski definition) is 3. The van der Waals surface area contributed by atoms with Crippen molar-refractivity contribution in [2.75, 3.05) is 12.3 Å². The molecule has 0 radical (unpaired) electrons. The predicted octanol–water partition coefficient (Wildman–Crippen LogP) is 1.26. The fourth-order valence-electron chi connectivity index (χ4n) is 1.26. The topological polar surface area (TPSA) is 72.2 Å². The molecule has 0 heterocycles. The molecule has 0 saturated carbocycles. The van der Waals surface area contributed by atoms with Crippen LogP contribution in [-0.4, -0.2) is 26.8 Å². The summed E-state index contributed by atoms with van der Waals surface area (Å²) in [5, 5.41) is 0. The zero-order valence-electron chi connectivity index (χ0n) is 9.53. The van der Waals surface area contributed by atoms with Crippen LogP contribution in [-0.2, 0) is 10.0 Å². The van der Waals surface area contributed by atoms with Crippen LogP contribution < -0.4 is 10.5 Å². The maximum absolute atomic E-state index is 11.4. The molecule has 0 aliphatic heterocycles. The molecule has 0 aromatic rings. The third kappa shape index (κ3) is 9.11. The lowest BCUT2D eigenvalue weighted by Crippen LogP contribution is -2.41. The van der Waals surface area contributed by atoms with Gasteiger partial charge in [-0.05, 0) is 12.8 Å². The van der Waals surface area contributed by atoms with Crippen LogP contribution in [0, 0.1) is 0 Å². The summed E-state index contributed by atoms with van der Waals surface area (Å²) < 4.78 is 25.4. The summed E-state index contributed by atoms with van der Waals surface area (Å²) in [4.78, 5) is 0. The molecule has 6 heteroatoms. The maximum Gasteiger partial charge on any atom is 0.211 e. The summed E-state index contributed by atoms with van der Waals surface area (Å²) in [7, 11) is -3.10. The smallest absolute Gasteiger partial charge is 0.211 e. The van der Waals surface area contributed by atoms with Gasteiger partial charge in [-0.3, -0.25) is 0 Å². The molecule has 0 aromatic heterocycles. The van der Waals surface area contributed by atoms with Crippen LogP contribution in [0.4, 0.5) is 0 Å². The number of hydrogen-bond donors (Lipinski definition) is 2. The molecule has 1 atom stereocenters. The second-order valence-electron chi connectivity index (χ2n) is 3.51. The van der Waals surface area contributed by atoms with Gasteiger partial charge in [-0.2, -0.15) is 0 Å². The maximum atomic E-state index is 11.4. The van der Waals surface area contributed by atoms with Gasteiger partial charge >= 0.3 is 0 Å². The summed E-state index contributed by atoms with van der Waals surface area (Å²) in [5.41, 5.74) is 5.49. The van der Waals surface area contributed by atoms with E-state index in [1.54, 1.807) is 0 Å². The van der Waals surface area contributed by atoms with Gasteiger partial charge in [0.1, 0.15) is 0 Å². The van der Waals surface area contributed by atoms with Crippen molar-refractivity contribution in [3.63, 3.8) is 0 Å². The standard InChI is InChI=1S/C9H22N2O2S.ClH/c1-3-5-6-9(8-10)11-14(12,13)7-4-2;/h9,11H,3-8,10H2,1-2H3;1H. The Balaban J connectivity index is 0. The molecule has 0 saturated heterocycles. The number of nitrogens with two attached hydrogens (primary N) is 1. The number of nitrogens with one attached hydrogen (secondary N) is 1. The van der Waals surface area contributed by atoms with Crippen LogP contribution in [0.25, 0.3) is 0 Å². The van der Waals surface area contributed by atoms with Gasteiger partial charge in [-0.1, -0.05) is 26.7 Å². The lowest BCUT2D eigenvalue weighted by molar-refractivity contribution is 0.516. The Bertz CT molecular complexity index is 232. The van der Waals surface area contributed by atoms with E-state index in [2.05, 4.69) is 11.6 Å². The molecule has 3 N–H and O–H groups in total. The lowest BCUT2D eigenvalue weighted by Gasteiger charge is -2.16. The van der Waals surface area contributed by atoms with Gasteiger partial charge in [0, 0.05) is 12.6 Å². The number of halogens is 1. The van der Waals surface area contributed by atoms with Gasteiger partial charge in [0.15, 0.2) is 0 Å². The molecule has 94 valence electrons. The molecule has 1 unspecified atom stereocenters. The molecule has 4 nitrogen and oxygen atoms in total. The zero-order chi connectivity index (χ0) is 11.0. The van der Waals surface area contributed by atoms with Gasteiger partial charge in [0.05, 0.1) is 5.75 Å². The largest absolute Gasteiger partial charge is 0.329 e. The molecule has 0 amide bonds. The normalized spacial score (nSPS) is 13.3. The molecule has 0 spiro atoms. The quantitative estimate of drug-likeness (QED) is 0.688. The van der Waals surface area contributed by atoms with E-state index < -0.39 is 10.0 Å². The molecule has 0 fully saturated rings. The van der Waals surface area contributed by atoms with E-state index >= 15 is 0 Å². The van der Waals surface area contributed by atoms with Crippen molar-refractivity contribution in [3.05, 3.63) is 0 Å². The average Bonchev–Trinajstić information content (AvgIpc) is 2.12. The Morgan fingerprint density at radius 2 is 1.87 bits per heavy atom. The van der Waals surface area contributed by atoms with E-state index in [0.29, 0.717) is 13.0 Å². The Labute approximate surface area is 99.5 Å². The molecular weight excluding hydrogens is 236 g/mol. The molecule has 0 aliphatic carbocycles. The second kappa shape index (κ2) is 9.39. The first-order valence-corrected chi connectivity index (χ1v) is 6.91. The second-order valence-corrected chi connectivity index (χ2v) is 5.39. The molecule has 15 heavy (non-hydrogen) atoms. The van der Waals surface area contributed by atoms with Crippen LogP contribution in [0.5, 0.6) is 0 Å². The number of sulfonamides is 1. The first-order valence-electron chi connectivity index (χ1n) is 5.25. The van der Waals surface area contributed by atoms with Crippen molar-refractivity contribution >= 4 is 22.4 Å². The summed E-state index contributed by atoms with van der Waals surface area (Å²) >= 11 is 0. The van der Waals surface area contributed by atoms with Crippen molar-refractivity contribution in [1.82, 2.24) is 4.72 Å². The molecule has 0 bridgehead atoms. The highest BCUT2D eigenvalue weighted by atomic mass is 35.5. The van der Waals surface area contributed by atoms with E-state index in [9.17, 15) is 8.42 Å². The summed E-state index contributed by atoms with van der Waals surface area (Å²) in [5.74, 6) is 0.190. The highest BCUT2D eigenvalue weighted by Gasteiger charge is 2.14. The molecular formula is C9H23ClN2O2S. The van der Waals surface area contributed by atoms with Gasteiger partial charge in [0.2, 0.25) is 10.0 Å². The van der Waals surface area contributed by atoms with Gasteiger partial charge in [-0.15, -0.1) is 12.4 Å². The Hall–Kier alpha value is 0.160. The van der Waals surface area contributed by atoms with Crippen LogP contribution in [0.3, 0.4) is 0 Å². The Morgan fingerprint density at radius 3 is 2.27 bits per heavy atom. The van der Waals surface area contributed by atoms with Crippen LogP contribution in [0.1, 0.15) is 39.5 Å². The van der Waals surface area contributed by atoms with E-state index in [1.807, 2.05) is 6.92 Å². The van der Waals surface area contributed by atoms with Crippen molar-refractivity contribution in [3.8, 4) is 0 Å². The zero-order valence-corrected chi connectivity index (χ0v) is 11.2. The minimum Gasteiger partial charge on any atom is -0.329 e. The highest BCUT2D eigenvalue weighted by Crippen LogP contribution is 2.01. The Morgan fingerprint density at radius 1 is 1.27 bits per heavy atom. The first kappa shape index (κ1) is 17.6. The fourth-order valence-corrected chi connectivity index (χ4v) is 2.63. The van der Waals surface area contributed by atoms with Crippen molar-refractivity contribution < 1.29 is 8.42 Å². The summed E-state index contributed by atoms with van der Waals surface area (Å²) in [6, 6.07) is -0.0912. The molecule has 0 aromatic carbocycles. The summed E-state index contributed by atoms with van der Waals surface area (Å²) in [6.45, 7) is 4.31. The van der Waals surface area contributed by atoms with E-state index in [0.717, 1.165) is 19.3 Å². The van der Waals surface area contributed by atoms with Gasteiger partial charge in [0.25, 0.3) is 0 Å². The monoisotopic (exact) mass is 258 g/mol. The number of rotatable bonds is 8. The van der Waals surface area contributed by atoms with E-state index in [1.165, 1.54) is 0 Å². The highest BCUT2D eigenvalue weighted by molar-refractivity contribution is 7.89. The number of unbranched alkanes of at least 4 members (excludes halogenated alkanes) is 1. The third-order valence-corrected chi connectivity index (χ3v) is 3.65. The fraction of sp³-hybridized carbons (Fsp3) is 1.00. The average molecular weight is 259 g/mol. The van der Waals surface area contributed by atoms with E-state index in [-0.39, 0.29) is 24.2 Å². The Kier molecular flexibility index (Phi) is 11.0. The SMILES string of the molecule is CCCCC(CN)NS(=O)(=O)CCC.Cl. The lowest BCUT2D eigenvalue weighted by atomic mass is 10.1. The van der Waals surface area contributed by atoms with Crippen LogP contribution in [0.15, 0.2) is 0 Å². The van der Waals surface area contributed by atoms with Gasteiger partial charge in [-0.25, -0.2) is 13.1 Å². The van der Waals surface area contributed by atoms with Crippen LogP contribution >= 0.6 is 12.4 Å².